The van der Waals surface area contributed by atoms with E-state index in [0.29, 0.717) is 10.6 Å². The van der Waals surface area contributed by atoms with Gasteiger partial charge in [0.2, 0.25) is 5.89 Å². The summed E-state index contributed by atoms with van der Waals surface area (Å²) < 4.78 is 29.0. The number of carbonyl (C=O) groups is 1. The minimum atomic E-state index is -3.55. The molecule has 1 N–H and O–H groups in total. The van der Waals surface area contributed by atoms with Crippen LogP contribution in [0.2, 0.25) is 5.02 Å². The van der Waals surface area contributed by atoms with Crippen molar-refractivity contribution in [1.82, 2.24) is 10.2 Å². The van der Waals surface area contributed by atoms with Crippen molar-refractivity contribution in [3.63, 3.8) is 0 Å². The van der Waals surface area contributed by atoms with E-state index in [4.69, 9.17) is 16.0 Å². The van der Waals surface area contributed by atoms with Crippen LogP contribution in [0.15, 0.2) is 57.8 Å². The van der Waals surface area contributed by atoms with E-state index in [-0.39, 0.29) is 22.4 Å². The first-order valence-electron chi connectivity index (χ1n) is 7.04. The Hall–Kier alpha value is -2.71. The third-order valence-electron chi connectivity index (χ3n) is 3.27. The standard InChI is InChI=1S/C16H12ClN3O4S/c1-25(22,23)13-5-3-2-4-12(13)14(21)18-16-20-19-15(24-16)10-6-8-11(17)9-7-10/h2-9H,1H3,(H,18,20,21). The summed E-state index contributed by atoms with van der Waals surface area (Å²) in [5.41, 5.74) is 0.630. The Bertz CT molecular complexity index is 1030. The number of sulfone groups is 1. The Kier molecular flexibility index (Phi) is 4.56. The molecular weight excluding hydrogens is 366 g/mol. The summed E-state index contributed by atoms with van der Waals surface area (Å²) in [6, 6.07) is 12.5. The second kappa shape index (κ2) is 6.66. The van der Waals surface area contributed by atoms with Crippen molar-refractivity contribution in [1.29, 1.82) is 0 Å². The molecule has 3 aromatic rings. The second-order valence-corrected chi connectivity index (χ2v) is 7.56. The molecule has 1 heterocycles. The predicted molar refractivity (Wildman–Crippen MR) is 92.2 cm³/mol. The molecule has 9 heteroatoms. The summed E-state index contributed by atoms with van der Waals surface area (Å²) in [6.45, 7) is 0. The number of rotatable bonds is 4. The van der Waals surface area contributed by atoms with Gasteiger partial charge in [0.25, 0.3) is 5.91 Å². The van der Waals surface area contributed by atoms with E-state index in [0.717, 1.165) is 6.26 Å². The fourth-order valence-corrected chi connectivity index (χ4v) is 3.14. The van der Waals surface area contributed by atoms with Gasteiger partial charge >= 0.3 is 6.01 Å². The van der Waals surface area contributed by atoms with Gasteiger partial charge in [-0.1, -0.05) is 28.8 Å². The van der Waals surface area contributed by atoms with E-state index >= 15 is 0 Å². The van der Waals surface area contributed by atoms with Crippen LogP contribution >= 0.6 is 11.6 Å². The van der Waals surface area contributed by atoms with Crippen LogP contribution in [0, 0.1) is 0 Å². The number of nitrogens with one attached hydrogen (secondary N) is 1. The lowest BCUT2D eigenvalue weighted by Gasteiger charge is -2.06. The zero-order chi connectivity index (χ0) is 18.0. The summed E-state index contributed by atoms with van der Waals surface area (Å²) in [6.07, 6.45) is 1.03. The van der Waals surface area contributed by atoms with Crippen molar-refractivity contribution in [2.24, 2.45) is 0 Å². The van der Waals surface area contributed by atoms with Crippen molar-refractivity contribution in [2.75, 3.05) is 11.6 Å². The van der Waals surface area contributed by atoms with Crippen LogP contribution in [0.3, 0.4) is 0 Å². The highest BCUT2D eigenvalue weighted by atomic mass is 35.5. The molecule has 0 fully saturated rings. The molecule has 128 valence electrons. The van der Waals surface area contributed by atoms with Crippen LogP contribution in [0.25, 0.3) is 11.5 Å². The number of anilines is 1. The number of carbonyl (C=O) groups excluding carboxylic acids is 1. The second-order valence-electron chi connectivity index (χ2n) is 5.14. The van der Waals surface area contributed by atoms with Gasteiger partial charge in [-0.25, -0.2) is 8.42 Å². The van der Waals surface area contributed by atoms with Crippen molar-refractivity contribution >= 4 is 33.4 Å². The molecule has 0 bridgehead atoms. The van der Waals surface area contributed by atoms with Crippen LogP contribution in [-0.2, 0) is 9.84 Å². The van der Waals surface area contributed by atoms with Crippen LogP contribution in [0.5, 0.6) is 0 Å². The van der Waals surface area contributed by atoms with Crippen LogP contribution in [0.1, 0.15) is 10.4 Å². The summed E-state index contributed by atoms with van der Waals surface area (Å²) >= 11 is 5.82. The average molecular weight is 378 g/mol. The Labute approximate surface area is 148 Å². The first-order valence-corrected chi connectivity index (χ1v) is 9.31. The van der Waals surface area contributed by atoms with E-state index in [1.165, 1.54) is 12.1 Å². The number of halogens is 1. The molecule has 2 aromatic carbocycles. The van der Waals surface area contributed by atoms with Gasteiger partial charge in [0.1, 0.15) is 0 Å². The lowest BCUT2D eigenvalue weighted by Crippen LogP contribution is -2.16. The predicted octanol–water partition coefficient (Wildman–Crippen LogP) is 3.05. The van der Waals surface area contributed by atoms with E-state index in [2.05, 4.69) is 15.5 Å². The number of hydrogen-bond donors (Lipinski definition) is 1. The third-order valence-corrected chi connectivity index (χ3v) is 4.67. The molecule has 25 heavy (non-hydrogen) atoms. The molecule has 0 saturated carbocycles. The molecule has 0 aliphatic heterocycles. The minimum absolute atomic E-state index is 0.00348. The van der Waals surface area contributed by atoms with Gasteiger partial charge in [-0.05, 0) is 36.4 Å². The van der Waals surface area contributed by atoms with Crippen LogP contribution in [-0.4, -0.2) is 30.8 Å². The molecule has 3 rings (SSSR count). The maximum absolute atomic E-state index is 12.4. The quantitative estimate of drug-likeness (QED) is 0.749. The number of aromatic nitrogens is 2. The molecule has 7 nitrogen and oxygen atoms in total. The van der Waals surface area contributed by atoms with Gasteiger partial charge in [-0.3, -0.25) is 10.1 Å². The van der Waals surface area contributed by atoms with Crippen LogP contribution < -0.4 is 5.32 Å². The van der Waals surface area contributed by atoms with E-state index in [1.54, 1.807) is 36.4 Å². The van der Waals surface area contributed by atoms with Gasteiger partial charge in [-0.15, -0.1) is 5.10 Å². The lowest BCUT2D eigenvalue weighted by atomic mass is 10.2. The molecule has 0 radical (unpaired) electrons. The SMILES string of the molecule is CS(=O)(=O)c1ccccc1C(=O)Nc1nnc(-c2ccc(Cl)cc2)o1. The fourth-order valence-electron chi connectivity index (χ4n) is 2.12. The van der Waals surface area contributed by atoms with E-state index < -0.39 is 15.7 Å². The molecule has 0 atom stereocenters. The van der Waals surface area contributed by atoms with Crippen LogP contribution in [0.4, 0.5) is 6.01 Å². The van der Waals surface area contributed by atoms with Gasteiger partial charge in [-0.2, -0.15) is 0 Å². The highest BCUT2D eigenvalue weighted by Gasteiger charge is 2.20. The van der Waals surface area contributed by atoms with Gasteiger partial charge < -0.3 is 4.42 Å². The van der Waals surface area contributed by atoms with Crippen molar-refractivity contribution in [3.05, 3.63) is 59.1 Å². The molecule has 0 saturated heterocycles. The highest BCUT2D eigenvalue weighted by molar-refractivity contribution is 7.90. The Morgan fingerprint density at radius 2 is 1.76 bits per heavy atom. The van der Waals surface area contributed by atoms with Crippen molar-refractivity contribution < 1.29 is 17.6 Å². The first-order chi connectivity index (χ1) is 11.8. The van der Waals surface area contributed by atoms with Gasteiger partial charge in [0.15, 0.2) is 9.84 Å². The number of hydrogen-bond acceptors (Lipinski definition) is 6. The largest absolute Gasteiger partial charge is 0.403 e. The smallest absolute Gasteiger partial charge is 0.322 e. The summed E-state index contributed by atoms with van der Waals surface area (Å²) in [5, 5.41) is 10.5. The third kappa shape index (κ3) is 3.86. The zero-order valence-electron chi connectivity index (χ0n) is 12.9. The molecule has 1 amide bonds. The highest BCUT2D eigenvalue weighted by Crippen LogP contribution is 2.22. The van der Waals surface area contributed by atoms with Crippen molar-refractivity contribution in [3.8, 4) is 11.5 Å². The zero-order valence-corrected chi connectivity index (χ0v) is 14.5. The number of benzene rings is 2. The summed E-state index contributed by atoms with van der Waals surface area (Å²) in [5.74, 6) is -0.462. The minimum Gasteiger partial charge on any atom is -0.403 e. The van der Waals surface area contributed by atoms with E-state index in [9.17, 15) is 13.2 Å². The average Bonchev–Trinajstić information content (AvgIpc) is 3.03. The number of amides is 1. The maximum Gasteiger partial charge on any atom is 0.322 e. The van der Waals surface area contributed by atoms with Gasteiger partial charge in [0, 0.05) is 16.8 Å². The Morgan fingerprint density at radius 3 is 2.44 bits per heavy atom. The molecule has 1 aromatic heterocycles. The molecule has 0 unspecified atom stereocenters. The Morgan fingerprint density at radius 1 is 1.08 bits per heavy atom. The molecule has 0 aliphatic rings. The van der Waals surface area contributed by atoms with E-state index in [1.807, 2.05) is 0 Å². The Balaban J connectivity index is 1.85. The maximum atomic E-state index is 12.4. The lowest BCUT2D eigenvalue weighted by molar-refractivity contribution is 0.102. The van der Waals surface area contributed by atoms with Crippen molar-refractivity contribution in [2.45, 2.75) is 4.90 Å². The fraction of sp³-hybridized carbons (Fsp3) is 0.0625. The summed E-state index contributed by atoms with van der Waals surface area (Å²) in [4.78, 5) is 12.3. The summed E-state index contributed by atoms with van der Waals surface area (Å²) in [7, 11) is -3.55. The molecule has 0 aliphatic carbocycles. The number of nitrogens with zero attached hydrogens (tertiary/aromatic N) is 2. The molecule has 0 spiro atoms. The normalized spacial score (nSPS) is 11.3. The first kappa shape index (κ1) is 17.1. The van der Waals surface area contributed by atoms with Gasteiger partial charge in [0.05, 0.1) is 10.5 Å². The molecular formula is C16H12ClN3O4S. The topological polar surface area (TPSA) is 102 Å². The monoisotopic (exact) mass is 377 g/mol.